The molecule has 4 heteroatoms. The van der Waals surface area contributed by atoms with E-state index in [2.05, 4.69) is 11.9 Å². The van der Waals surface area contributed by atoms with Crippen LogP contribution in [0, 0.1) is 0 Å². The zero-order valence-electron chi connectivity index (χ0n) is 8.81. The van der Waals surface area contributed by atoms with Crippen molar-refractivity contribution in [2.45, 2.75) is 25.8 Å². The van der Waals surface area contributed by atoms with E-state index < -0.39 is 0 Å². The van der Waals surface area contributed by atoms with Crippen molar-refractivity contribution in [1.29, 1.82) is 0 Å². The summed E-state index contributed by atoms with van der Waals surface area (Å²) >= 11 is 0. The first-order chi connectivity index (χ1) is 7.22. The topological polar surface area (TPSA) is 59.2 Å². The fraction of sp³-hybridized carbons (Fsp3) is 0.455. The van der Waals surface area contributed by atoms with E-state index in [1.165, 1.54) is 0 Å². The predicted molar refractivity (Wildman–Crippen MR) is 58.6 cm³/mol. The van der Waals surface area contributed by atoms with Crippen molar-refractivity contribution < 1.29 is 4.79 Å². The van der Waals surface area contributed by atoms with Crippen molar-refractivity contribution in [3.05, 3.63) is 23.9 Å². The number of anilines is 1. The van der Waals surface area contributed by atoms with Crippen molar-refractivity contribution in [2.24, 2.45) is 5.73 Å². The lowest BCUT2D eigenvalue weighted by Crippen LogP contribution is -2.29. The average Bonchev–Trinajstić information content (AvgIpc) is 2.57. The summed E-state index contributed by atoms with van der Waals surface area (Å²) in [4.78, 5) is 17.6. The first-order valence-electron chi connectivity index (χ1n) is 5.22. The predicted octanol–water partition coefficient (Wildman–Crippen LogP) is 0.708. The highest BCUT2D eigenvalue weighted by Crippen LogP contribution is 2.22. The second-order valence-corrected chi connectivity index (χ2v) is 3.81. The molecule has 1 aliphatic rings. The largest absolute Gasteiger partial charge is 0.326 e. The summed E-state index contributed by atoms with van der Waals surface area (Å²) in [5.74, 6) is 0.855. The van der Waals surface area contributed by atoms with Gasteiger partial charge in [-0.1, -0.05) is 13.0 Å². The molecule has 1 fully saturated rings. The fourth-order valence-corrected chi connectivity index (χ4v) is 1.89. The Bertz CT molecular complexity index is 378. The Hall–Kier alpha value is -1.42. The summed E-state index contributed by atoms with van der Waals surface area (Å²) in [5.41, 5.74) is 6.85. The second-order valence-electron chi connectivity index (χ2n) is 3.81. The highest BCUT2D eigenvalue weighted by atomic mass is 16.2. The van der Waals surface area contributed by atoms with Crippen LogP contribution < -0.4 is 10.6 Å². The van der Waals surface area contributed by atoms with Crippen LogP contribution in [-0.4, -0.2) is 23.5 Å². The van der Waals surface area contributed by atoms with Gasteiger partial charge in [-0.2, -0.15) is 0 Å². The second kappa shape index (κ2) is 3.98. The molecule has 15 heavy (non-hydrogen) atoms. The molecule has 1 saturated heterocycles. The van der Waals surface area contributed by atoms with Crippen LogP contribution in [0.5, 0.6) is 0 Å². The molecule has 1 amide bonds. The number of hydrogen-bond donors (Lipinski definition) is 1. The maximum atomic E-state index is 11.7. The van der Waals surface area contributed by atoms with E-state index in [1.807, 2.05) is 12.1 Å². The lowest BCUT2D eigenvalue weighted by atomic mass is 10.2. The Kier molecular flexibility index (Phi) is 2.68. The normalized spacial score (nSPS) is 21.1. The minimum Gasteiger partial charge on any atom is -0.326 e. The molecule has 0 saturated carbocycles. The maximum Gasteiger partial charge on any atom is 0.229 e. The molecule has 1 unspecified atom stereocenters. The van der Waals surface area contributed by atoms with Crippen LogP contribution in [0.1, 0.15) is 18.9 Å². The van der Waals surface area contributed by atoms with Gasteiger partial charge in [-0.25, -0.2) is 4.98 Å². The molecule has 1 atom stereocenters. The lowest BCUT2D eigenvalue weighted by Gasteiger charge is -2.17. The fourth-order valence-electron chi connectivity index (χ4n) is 1.89. The molecule has 4 nitrogen and oxygen atoms in total. The Balaban J connectivity index is 2.33. The van der Waals surface area contributed by atoms with Crippen LogP contribution in [0.15, 0.2) is 18.3 Å². The minimum atomic E-state index is -0.0517. The van der Waals surface area contributed by atoms with Crippen molar-refractivity contribution >= 4 is 11.7 Å². The van der Waals surface area contributed by atoms with Gasteiger partial charge in [0.05, 0.1) is 0 Å². The van der Waals surface area contributed by atoms with E-state index in [0.717, 1.165) is 17.8 Å². The number of pyridine rings is 1. The summed E-state index contributed by atoms with van der Waals surface area (Å²) < 4.78 is 0. The first kappa shape index (κ1) is 10.1. The van der Waals surface area contributed by atoms with Crippen LogP contribution in [0.2, 0.25) is 0 Å². The SMILES string of the molecule is CCc1cccnc1N1CC(N)CC1=O. The molecule has 1 aromatic rings. The lowest BCUT2D eigenvalue weighted by molar-refractivity contribution is -0.117. The van der Waals surface area contributed by atoms with Crippen molar-refractivity contribution in [3.8, 4) is 0 Å². The van der Waals surface area contributed by atoms with Gasteiger partial charge in [-0.15, -0.1) is 0 Å². The van der Waals surface area contributed by atoms with Crippen molar-refractivity contribution in [3.63, 3.8) is 0 Å². The molecule has 0 aliphatic carbocycles. The van der Waals surface area contributed by atoms with Crippen LogP contribution in [0.3, 0.4) is 0 Å². The van der Waals surface area contributed by atoms with Gasteiger partial charge in [0.1, 0.15) is 5.82 Å². The zero-order valence-corrected chi connectivity index (χ0v) is 8.81. The molecule has 1 aliphatic heterocycles. The summed E-state index contributed by atoms with van der Waals surface area (Å²) in [6.07, 6.45) is 3.02. The van der Waals surface area contributed by atoms with E-state index in [1.54, 1.807) is 11.1 Å². The molecular weight excluding hydrogens is 190 g/mol. The van der Waals surface area contributed by atoms with Crippen molar-refractivity contribution in [2.75, 3.05) is 11.4 Å². The van der Waals surface area contributed by atoms with Crippen LogP contribution >= 0.6 is 0 Å². The minimum absolute atomic E-state index is 0.0517. The van der Waals surface area contributed by atoms with E-state index in [0.29, 0.717) is 13.0 Å². The number of nitrogens with two attached hydrogens (primary N) is 1. The maximum absolute atomic E-state index is 11.7. The smallest absolute Gasteiger partial charge is 0.229 e. The summed E-state index contributed by atoms with van der Waals surface area (Å²) in [7, 11) is 0. The van der Waals surface area contributed by atoms with E-state index >= 15 is 0 Å². The number of aromatic nitrogens is 1. The van der Waals surface area contributed by atoms with Gasteiger partial charge in [0, 0.05) is 25.2 Å². The number of amides is 1. The molecule has 1 aromatic heterocycles. The molecule has 2 heterocycles. The monoisotopic (exact) mass is 205 g/mol. The van der Waals surface area contributed by atoms with Gasteiger partial charge in [0.2, 0.25) is 5.91 Å². The third kappa shape index (κ3) is 1.85. The molecule has 2 N–H and O–H groups in total. The Morgan fingerprint density at radius 2 is 2.47 bits per heavy atom. The van der Waals surface area contributed by atoms with Gasteiger partial charge in [-0.3, -0.25) is 9.69 Å². The summed E-state index contributed by atoms with van der Waals surface area (Å²) in [6.45, 7) is 2.64. The highest BCUT2D eigenvalue weighted by Gasteiger charge is 2.29. The van der Waals surface area contributed by atoms with Crippen LogP contribution in [0.25, 0.3) is 0 Å². The molecule has 0 aromatic carbocycles. The van der Waals surface area contributed by atoms with E-state index in [9.17, 15) is 4.79 Å². The quantitative estimate of drug-likeness (QED) is 0.773. The summed E-state index contributed by atoms with van der Waals surface area (Å²) in [5, 5.41) is 0. The van der Waals surface area contributed by atoms with Gasteiger partial charge in [0.15, 0.2) is 0 Å². The molecule has 2 rings (SSSR count). The zero-order chi connectivity index (χ0) is 10.8. The molecule has 0 radical (unpaired) electrons. The molecule has 80 valence electrons. The Morgan fingerprint density at radius 1 is 1.67 bits per heavy atom. The molecular formula is C11H15N3O. The van der Waals surface area contributed by atoms with Gasteiger partial charge >= 0.3 is 0 Å². The first-order valence-corrected chi connectivity index (χ1v) is 5.22. The van der Waals surface area contributed by atoms with Crippen LogP contribution in [-0.2, 0) is 11.2 Å². The van der Waals surface area contributed by atoms with Crippen molar-refractivity contribution in [1.82, 2.24) is 4.98 Å². The highest BCUT2D eigenvalue weighted by molar-refractivity contribution is 5.95. The average molecular weight is 205 g/mol. The number of rotatable bonds is 2. The Morgan fingerprint density at radius 3 is 3.07 bits per heavy atom. The van der Waals surface area contributed by atoms with Gasteiger partial charge in [-0.05, 0) is 18.1 Å². The van der Waals surface area contributed by atoms with E-state index in [4.69, 9.17) is 5.73 Å². The third-order valence-corrected chi connectivity index (χ3v) is 2.66. The summed E-state index contributed by atoms with van der Waals surface area (Å²) in [6, 6.07) is 3.84. The Labute approximate surface area is 89.1 Å². The molecule has 0 spiro atoms. The third-order valence-electron chi connectivity index (χ3n) is 2.66. The number of carbonyl (C=O) groups excluding carboxylic acids is 1. The number of aryl methyl sites for hydroxylation is 1. The van der Waals surface area contributed by atoms with Gasteiger partial charge < -0.3 is 5.73 Å². The van der Waals surface area contributed by atoms with Crippen LogP contribution in [0.4, 0.5) is 5.82 Å². The number of nitrogens with zero attached hydrogens (tertiary/aromatic N) is 2. The van der Waals surface area contributed by atoms with Gasteiger partial charge in [0.25, 0.3) is 0 Å². The number of carbonyl (C=O) groups is 1. The number of hydrogen-bond acceptors (Lipinski definition) is 3. The van der Waals surface area contributed by atoms with E-state index in [-0.39, 0.29) is 11.9 Å². The standard InChI is InChI=1S/C11H15N3O/c1-2-8-4-3-5-13-11(8)14-7-9(12)6-10(14)15/h3-5,9H,2,6-7,12H2,1H3. The molecule has 0 bridgehead atoms.